The van der Waals surface area contributed by atoms with Gasteiger partial charge < -0.3 is 25.8 Å². The maximum atomic E-state index is 15.6. The molecule has 3 amide bonds. The summed E-state index contributed by atoms with van der Waals surface area (Å²) in [7, 11) is 0. The molecule has 35 heavy (non-hydrogen) atoms. The third kappa shape index (κ3) is 6.49. The number of nitrogens with two attached hydrogens (primary N) is 1. The minimum Gasteiger partial charge on any atom is -0.481 e. The van der Waals surface area contributed by atoms with E-state index in [4.69, 9.17) is 15.6 Å². The van der Waals surface area contributed by atoms with Crippen LogP contribution in [0.25, 0.3) is 0 Å². The second-order valence-corrected chi connectivity index (χ2v) is 10.3. The Morgan fingerprint density at radius 3 is 2.57 bits per heavy atom. The van der Waals surface area contributed by atoms with Crippen molar-refractivity contribution in [2.45, 2.75) is 89.9 Å². The second-order valence-electron chi connectivity index (χ2n) is 10.3. The molecule has 1 heterocycles. The number of nitrogens with zero attached hydrogens (tertiary/aromatic N) is 1. The first-order valence-corrected chi connectivity index (χ1v) is 12.0. The summed E-state index contributed by atoms with van der Waals surface area (Å²) in [5.41, 5.74) is 5.57. The summed E-state index contributed by atoms with van der Waals surface area (Å²) in [6, 6.07) is 1.84. The SMILES string of the molecule is CC(C)(C)OC(=O)N[C@H]1CCCC[C@@H]1Cc1ccc2c(c1F)CN(C(CCC(=O)O)C(N)=O)C2=O. The van der Waals surface area contributed by atoms with Crippen molar-refractivity contribution in [1.82, 2.24) is 10.2 Å². The second kappa shape index (κ2) is 10.6. The molecule has 3 atom stereocenters. The Balaban J connectivity index is 1.76. The zero-order valence-corrected chi connectivity index (χ0v) is 20.4. The first-order chi connectivity index (χ1) is 16.4. The van der Waals surface area contributed by atoms with Gasteiger partial charge in [-0.25, -0.2) is 9.18 Å². The number of halogens is 1. The maximum Gasteiger partial charge on any atom is 0.407 e. The molecule has 0 bridgehead atoms. The van der Waals surface area contributed by atoms with Gasteiger partial charge in [0.25, 0.3) is 5.91 Å². The van der Waals surface area contributed by atoms with Crippen LogP contribution in [-0.2, 0) is 27.3 Å². The van der Waals surface area contributed by atoms with Gasteiger partial charge in [-0.15, -0.1) is 0 Å². The van der Waals surface area contributed by atoms with Gasteiger partial charge in [-0.3, -0.25) is 14.4 Å². The van der Waals surface area contributed by atoms with Gasteiger partial charge in [0.05, 0.1) is 6.54 Å². The van der Waals surface area contributed by atoms with E-state index in [2.05, 4.69) is 5.32 Å². The van der Waals surface area contributed by atoms with E-state index in [1.807, 2.05) is 0 Å². The average Bonchev–Trinajstić information content (AvgIpc) is 3.07. The van der Waals surface area contributed by atoms with Crippen LogP contribution in [0.4, 0.5) is 9.18 Å². The molecule has 10 heteroatoms. The Hall–Kier alpha value is -3.17. The standard InChI is InChI=1S/C25H34FN3O6/c1-25(2,3)35-24(34)28-18-7-5-4-6-14(18)12-15-8-9-16-17(21(15)26)13-29(23(16)33)19(22(27)32)10-11-20(30)31/h8-9,14,18-19H,4-7,10-13H2,1-3H3,(H2,27,32)(H,28,34)(H,30,31)/t14-,18+,19?/m1/s1. The van der Waals surface area contributed by atoms with Crippen molar-refractivity contribution in [2.75, 3.05) is 0 Å². The minimum atomic E-state index is -1.13. The summed E-state index contributed by atoms with van der Waals surface area (Å²) < 4.78 is 20.9. The summed E-state index contributed by atoms with van der Waals surface area (Å²) in [5.74, 6) is -2.99. The van der Waals surface area contributed by atoms with Crippen LogP contribution in [0, 0.1) is 11.7 Å². The number of nitrogens with one attached hydrogen (secondary N) is 1. The molecule has 192 valence electrons. The van der Waals surface area contributed by atoms with E-state index in [-0.39, 0.29) is 42.5 Å². The number of aliphatic carboxylic acids is 1. The summed E-state index contributed by atoms with van der Waals surface area (Å²) in [6.07, 6.45) is 2.93. The predicted octanol–water partition coefficient (Wildman–Crippen LogP) is 3.13. The molecule has 1 aliphatic carbocycles. The van der Waals surface area contributed by atoms with Gasteiger partial charge in [-0.05, 0) is 64.0 Å². The molecule has 1 saturated carbocycles. The number of benzene rings is 1. The van der Waals surface area contributed by atoms with Crippen molar-refractivity contribution in [1.29, 1.82) is 0 Å². The highest BCUT2D eigenvalue weighted by Crippen LogP contribution is 2.33. The molecule has 1 unspecified atom stereocenters. The van der Waals surface area contributed by atoms with E-state index in [9.17, 15) is 19.2 Å². The van der Waals surface area contributed by atoms with Crippen molar-refractivity contribution >= 4 is 23.9 Å². The molecule has 4 N–H and O–H groups in total. The van der Waals surface area contributed by atoms with Gasteiger partial charge in [0, 0.05) is 23.6 Å². The summed E-state index contributed by atoms with van der Waals surface area (Å²) >= 11 is 0. The number of primary amides is 1. The van der Waals surface area contributed by atoms with Crippen molar-refractivity contribution in [2.24, 2.45) is 11.7 Å². The summed E-state index contributed by atoms with van der Waals surface area (Å²) in [5, 5.41) is 11.9. The Morgan fingerprint density at radius 2 is 1.94 bits per heavy atom. The van der Waals surface area contributed by atoms with E-state index in [1.54, 1.807) is 32.9 Å². The van der Waals surface area contributed by atoms with Crippen LogP contribution in [-0.4, -0.2) is 51.6 Å². The van der Waals surface area contributed by atoms with Crippen LogP contribution in [0.5, 0.6) is 0 Å². The Bertz CT molecular complexity index is 1010. The largest absolute Gasteiger partial charge is 0.481 e. The smallest absolute Gasteiger partial charge is 0.407 e. The van der Waals surface area contributed by atoms with Crippen molar-refractivity contribution in [3.05, 3.63) is 34.6 Å². The monoisotopic (exact) mass is 491 g/mol. The van der Waals surface area contributed by atoms with E-state index in [0.29, 0.717) is 12.0 Å². The number of carboxylic acid groups (broad SMARTS) is 1. The van der Waals surface area contributed by atoms with Gasteiger partial charge in [0.2, 0.25) is 5.91 Å². The van der Waals surface area contributed by atoms with Crippen LogP contribution in [0.1, 0.15) is 80.8 Å². The number of carbonyl (C=O) groups excluding carboxylic acids is 3. The number of carbonyl (C=O) groups is 4. The van der Waals surface area contributed by atoms with E-state index in [0.717, 1.165) is 30.6 Å². The van der Waals surface area contributed by atoms with Crippen molar-refractivity contribution in [3.8, 4) is 0 Å². The lowest BCUT2D eigenvalue weighted by atomic mass is 9.80. The lowest BCUT2D eigenvalue weighted by molar-refractivity contribution is -0.137. The van der Waals surface area contributed by atoms with Gasteiger partial charge in [0.15, 0.2) is 0 Å². The number of carboxylic acids is 1. The predicted molar refractivity (Wildman–Crippen MR) is 125 cm³/mol. The molecular formula is C25H34FN3O6. The number of hydrogen-bond donors (Lipinski definition) is 3. The van der Waals surface area contributed by atoms with Crippen molar-refractivity contribution in [3.63, 3.8) is 0 Å². The Kier molecular flexibility index (Phi) is 8.02. The fourth-order valence-electron chi connectivity index (χ4n) is 4.93. The van der Waals surface area contributed by atoms with Gasteiger partial charge in [0.1, 0.15) is 17.5 Å². The van der Waals surface area contributed by atoms with Crippen LogP contribution in [0.2, 0.25) is 0 Å². The topological polar surface area (TPSA) is 139 Å². The zero-order valence-electron chi connectivity index (χ0n) is 20.4. The minimum absolute atomic E-state index is 0.00552. The molecule has 9 nitrogen and oxygen atoms in total. The van der Waals surface area contributed by atoms with Gasteiger partial charge in [-0.2, -0.15) is 0 Å². The highest BCUT2D eigenvalue weighted by Gasteiger charge is 2.38. The third-order valence-corrected chi connectivity index (χ3v) is 6.57. The molecule has 1 fully saturated rings. The highest BCUT2D eigenvalue weighted by atomic mass is 19.1. The first kappa shape index (κ1) is 26.4. The van der Waals surface area contributed by atoms with E-state index in [1.165, 1.54) is 0 Å². The summed E-state index contributed by atoms with van der Waals surface area (Å²) in [6.45, 7) is 5.23. The number of hydrogen-bond acceptors (Lipinski definition) is 5. The molecule has 3 rings (SSSR count). The number of rotatable bonds is 8. The van der Waals surface area contributed by atoms with Crippen LogP contribution < -0.4 is 11.1 Å². The average molecular weight is 492 g/mol. The maximum absolute atomic E-state index is 15.6. The normalized spacial score (nSPS) is 20.8. The number of amides is 3. The Labute approximate surface area is 204 Å². The molecule has 1 aliphatic heterocycles. The fourth-order valence-corrected chi connectivity index (χ4v) is 4.93. The number of ether oxygens (including phenoxy) is 1. The van der Waals surface area contributed by atoms with E-state index < -0.39 is 41.3 Å². The van der Waals surface area contributed by atoms with Crippen LogP contribution in [0.15, 0.2) is 12.1 Å². The van der Waals surface area contributed by atoms with Gasteiger partial charge >= 0.3 is 12.1 Å². The number of fused-ring (bicyclic) bond motifs is 1. The molecule has 0 spiro atoms. The van der Waals surface area contributed by atoms with E-state index >= 15 is 4.39 Å². The highest BCUT2D eigenvalue weighted by molar-refractivity contribution is 6.01. The Morgan fingerprint density at radius 1 is 1.26 bits per heavy atom. The molecule has 0 radical (unpaired) electrons. The molecule has 2 aliphatic rings. The zero-order chi connectivity index (χ0) is 25.9. The lowest BCUT2D eigenvalue weighted by Crippen LogP contribution is -2.45. The number of alkyl carbamates (subject to hydrolysis) is 1. The van der Waals surface area contributed by atoms with Crippen LogP contribution >= 0.6 is 0 Å². The van der Waals surface area contributed by atoms with Crippen molar-refractivity contribution < 1.29 is 33.4 Å². The summed E-state index contributed by atoms with van der Waals surface area (Å²) in [4.78, 5) is 49.2. The molecule has 0 aromatic heterocycles. The lowest BCUT2D eigenvalue weighted by Gasteiger charge is -2.33. The third-order valence-electron chi connectivity index (χ3n) is 6.57. The first-order valence-electron chi connectivity index (χ1n) is 12.0. The quantitative estimate of drug-likeness (QED) is 0.511. The molecule has 0 saturated heterocycles. The molecular weight excluding hydrogens is 457 g/mol. The molecule has 1 aromatic carbocycles. The van der Waals surface area contributed by atoms with Gasteiger partial charge in [-0.1, -0.05) is 18.9 Å². The molecule has 1 aromatic rings. The van der Waals surface area contributed by atoms with Crippen LogP contribution in [0.3, 0.4) is 0 Å². The fraction of sp³-hybridized carbons (Fsp3) is 0.600.